The summed E-state index contributed by atoms with van der Waals surface area (Å²) in [4.78, 5) is 18.0. The van der Waals surface area contributed by atoms with Gasteiger partial charge in [0.15, 0.2) is 0 Å². The molecule has 0 bridgehead atoms. The number of carbonyl (C=O) groups excluding carboxylic acids is 1. The van der Waals surface area contributed by atoms with Crippen LogP contribution < -0.4 is 5.32 Å². The first-order chi connectivity index (χ1) is 9.99. The van der Waals surface area contributed by atoms with Crippen molar-refractivity contribution in [1.82, 2.24) is 19.8 Å². The van der Waals surface area contributed by atoms with E-state index in [-0.39, 0.29) is 5.91 Å². The molecule has 1 amide bonds. The molecule has 2 heterocycles. The molecule has 21 heavy (non-hydrogen) atoms. The van der Waals surface area contributed by atoms with Gasteiger partial charge in [0.1, 0.15) is 12.2 Å². The molecule has 0 aliphatic heterocycles. The number of nitrogens with zero attached hydrogens (tertiary/aromatic N) is 3. The van der Waals surface area contributed by atoms with E-state index in [2.05, 4.69) is 30.2 Å². The molecule has 5 nitrogen and oxygen atoms in total. The Hall–Kier alpha value is -1.88. The van der Waals surface area contributed by atoms with E-state index >= 15 is 0 Å². The Labute approximate surface area is 126 Å². The van der Waals surface area contributed by atoms with Gasteiger partial charge in [0, 0.05) is 38.4 Å². The van der Waals surface area contributed by atoms with Gasteiger partial charge in [-0.2, -0.15) is 0 Å². The van der Waals surface area contributed by atoms with Crippen molar-refractivity contribution in [3.63, 3.8) is 0 Å². The molecule has 0 unspecified atom stereocenters. The zero-order valence-electron chi connectivity index (χ0n) is 13.3. The number of carbonyl (C=O) groups is 1. The third kappa shape index (κ3) is 3.82. The summed E-state index contributed by atoms with van der Waals surface area (Å²) in [6.07, 6.45) is 3.80. The first-order valence-corrected chi connectivity index (χ1v) is 7.32. The van der Waals surface area contributed by atoms with Crippen molar-refractivity contribution in [2.75, 3.05) is 20.6 Å². The molecule has 114 valence electrons. The monoisotopic (exact) mass is 288 g/mol. The van der Waals surface area contributed by atoms with E-state index in [4.69, 9.17) is 0 Å². The highest BCUT2D eigenvalue weighted by atomic mass is 16.2. The van der Waals surface area contributed by atoms with Gasteiger partial charge >= 0.3 is 0 Å². The lowest BCUT2D eigenvalue weighted by Crippen LogP contribution is -2.26. The number of amides is 1. The van der Waals surface area contributed by atoms with E-state index in [0.29, 0.717) is 12.5 Å². The molecule has 0 aromatic carbocycles. The number of nitrogens with one attached hydrogen (secondary N) is 1. The predicted octanol–water partition coefficient (Wildman–Crippen LogP) is 1.87. The molecule has 2 rings (SSSR count). The van der Waals surface area contributed by atoms with Crippen LogP contribution in [0.2, 0.25) is 0 Å². The summed E-state index contributed by atoms with van der Waals surface area (Å²) in [5.74, 6) is 0.686. The van der Waals surface area contributed by atoms with E-state index in [9.17, 15) is 4.79 Å². The highest BCUT2D eigenvalue weighted by Crippen LogP contribution is 2.19. The fourth-order valence-corrected chi connectivity index (χ4v) is 2.24. The predicted molar refractivity (Wildman–Crippen MR) is 85.0 cm³/mol. The van der Waals surface area contributed by atoms with E-state index in [1.54, 1.807) is 25.2 Å². The molecule has 0 spiro atoms. The summed E-state index contributed by atoms with van der Waals surface area (Å²) in [6.45, 7) is 6.47. The summed E-state index contributed by atoms with van der Waals surface area (Å²) in [5.41, 5.74) is 2.05. The minimum absolute atomic E-state index is 0.0687. The minimum Gasteiger partial charge on any atom is -0.347 e. The minimum atomic E-state index is 0.0687. The van der Waals surface area contributed by atoms with Crippen LogP contribution >= 0.6 is 0 Å². The van der Waals surface area contributed by atoms with Crippen LogP contribution in [0.15, 0.2) is 24.5 Å². The zero-order valence-corrected chi connectivity index (χ0v) is 13.3. The largest absolute Gasteiger partial charge is 0.347 e. The Kier molecular flexibility index (Phi) is 4.96. The van der Waals surface area contributed by atoms with Gasteiger partial charge < -0.3 is 14.8 Å². The number of fused-ring (bicyclic) bond motifs is 1. The van der Waals surface area contributed by atoms with Crippen LogP contribution in [0.4, 0.5) is 0 Å². The van der Waals surface area contributed by atoms with E-state index in [1.165, 1.54) is 5.56 Å². The number of aromatic nitrogens is 2. The maximum absolute atomic E-state index is 11.9. The van der Waals surface area contributed by atoms with Crippen molar-refractivity contribution in [2.45, 2.75) is 26.9 Å². The molecule has 0 atom stereocenters. The Balaban J connectivity index is 2.24. The lowest BCUT2D eigenvalue weighted by atomic mass is 10.2. The molecule has 0 fully saturated rings. The Morgan fingerprint density at radius 3 is 2.86 bits per heavy atom. The Morgan fingerprint density at radius 2 is 2.19 bits per heavy atom. The van der Waals surface area contributed by atoms with Crippen molar-refractivity contribution < 1.29 is 4.79 Å². The van der Waals surface area contributed by atoms with Gasteiger partial charge in [-0.3, -0.25) is 4.79 Å². The highest BCUT2D eigenvalue weighted by molar-refractivity contribution is 5.83. The van der Waals surface area contributed by atoms with Crippen molar-refractivity contribution in [2.24, 2.45) is 5.92 Å². The molecule has 1 N–H and O–H groups in total. The fourth-order valence-electron chi connectivity index (χ4n) is 2.24. The molecule has 0 saturated carbocycles. The van der Waals surface area contributed by atoms with E-state index < -0.39 is 0 Å². The molecule has 0 radical (unpaired) electrons. The number of hydrogen-bond donors (Lipinski definition) is 1. The van der Waals surface area contributed by atoms with Gasteiger partial charge in [0.05, 0.1) is 0 Å². The van der Waals surface area contributed by atoms with Gasteiger partial charge in [-0.15, -0.1) is 0 Å². The van der Waals surface area contributed by atoms with Gasteiger partial charge in [-0.25, -0.2) is 4.98 Å². The average Bonchev–Trinajstić information content (AvgIpc) is 2.77. The molecular formula is C16H24N4O. The Bertz CT molecular complexity index is 616. The van der Waals surface area contributed by atoms with E-state index in [0.717, 1.165) is 24.1 Å². The SMILES string of the molecule is CC(C)CNCc1cn(CC(=O)N(C)C)c2ncccc12. The van der Waals surface area contributed by atoms with Crippen LogP contribution in [0.1, 0.15) is 19.4 Å². The normalized spacial score (nSPS) is 11.3. The third-order valence-electron chi connectivity index (χ3n) is 3.39. The molecule has 5 heteroatoms. The van der Waals surface area contributed by atoms with Crippen LogP contribution in [-0.4, -0.2) is 41.0 Å². The van der Waals surface area contributed by atoms with Crippen molar-refractivity contribution in [3.05, 3.63) is 30.1 Å². The average molecular weight is 288 g/mol. The van der Waals surface area contributed by atoms with Gasteiger partial charge in [-0.1, -0.05) is 13.8 Å². The third-order valence-corrected chi connectivity index (χ3v) is 3.39. The molecule has 2 aromatic rings. The standard InChI is InChI=1S/C16H24N4O/c1-12(2)8-17-9-13-10-20(11-15(21)19(3)4)16-14(13)6-5-7-18-16/h5-7,10,12,17H,8-9,11H2,1-4H3. The second kappa shape index (κ2) is 6.72. The first-order valence-electron chi connectivity index (χ1n) is 7.32. The Morgan fingerprint density at radius 1 is 1.43 bits per heavy atom. The summed E-state index contributed by atoms with van der Waals surface area (Å²) in [5, 5.41) is 4.56. The number of likely N-dealkylation sites (N-methyl/N-ethyl adjacent to an activating group) is 1. The smallest absolute Gasteiger partial charge is 0.242 e. The maximum Gasteiger partial charge on any atom is 0.242 e. The summed E-state index contributed by atoms with van der Waals surface area (Å²) in [6, 6.07) is 4.00. The van der Waals surface area contributed by atoms with Crippen LogP contribution in [0.25, 0.3) is 11.0 Å². The van der Waals surface area contributed by atoms with Crippen LogP contribution in [-0.2, 0) is 17.9 Å². The molecule has 0 saturated heterocycles. The summed E-state index contributed by atoms with van der Waals surface area (Å²) < 4.78 is 1.93. The van der Waals surface area contributed by atoms with Gasteiger partial charge in [0.2, 0.25) is 5.91 Å². The lowest BCUT2D eigenvalue weighted by Gasteiger charge is -2.11. The van der Waals surface area contributed by atoms with Crippen molar-refractivity contribution in [1.29, 1.82) is 0 Å². The number of rotatable bonds is 6. The van der Waals surface area contributed by atoms with Crippen molar-refractivity contribution >= 4 is 16.9 Å². The van der Waals surface area contributed by atoms with Gasteiger partial charge in [-0.05, 0) is 30.2 Å². The fraction of sp³-hybridized carbons (Fsp3) is 0.500. The maximum atomic E-state index is 11.9. The van der Waals surface area contributed by atoms with Crippen LogP contribution in [0, 0.1) is 5.92 Å². The quantitative estimate of drug-likeness (QED) is 0.883. The lowest BCUT2D eigenvalue weighted by molar-refractivity contribution is -0.129. The second-order valence-electron chi connectivity index (χ2n) is 5.97. The zero-order chi connectivity index (χ0) is 15.4. The van der Waals surface area contributed by atoms with Crippen LogP contribution in [0.5, 0.6) is 0 Å². The van der Waals surface area contributed by atoms with Crippen LogP contribution in [0.3, 0.4) is 0 Å². The van der Waals surface area contributed by atoms with E-state index in [1.807, 2.05) is 16.8 Å². The van der Waals surface area contributed by atoms with Crippen molar-refractivity contribution in [3.8, 4) is 0 Å². The number of pyridine rings is 1. The topological polar surface area (TPSA) is 50.2 Å². The number of hydrogen-bond acceptors (Lipinski definition) is 3. The highest BCUT2D eigenvalue weighted by Gasteiger charge is 2.12. The van der Waals surface area contributed by atoms with Gasteiger partial charge in [0.25, 0.3) is 0 Å². The molecular weight excluding hydrogens is 264 g/mol. The summed E-state index contributed by atoms with van der Waals surface area (Å²) in [7, 11) is 3.54. The molecule has 2 aromatic heterocycles. The summed E-state index contributed by atoms with van der Waals surface area (Å²) >= 11 is 0. The second-order valence-corrected chi connectivity index (χ2v) is 5.97. The molecule has 0 aliphatic rings. The molecule has 0 aliphatic carbocycles. The first kappa shape index (κ1) is 15.5.